The van der Waals surface area contributed by atoms with Gasteiger partial charge in [0.1, 0.15) is 18.0 Å². The molecule has 0 aliphatic rings. The summed E-state index contributed by atoms with van der Waals surface area (Å²) in [5, 5.41) is 10.4. The molecule has 0 amide bonds. The number of carbonyl (C=O) groups is 1. The van der Waals surface area contributed by atoms with Crippen LogP contribution in [0.4, 0.5) is 11.4 Å². The van der Waals surface area contributed by atoms with Crippen LogP contribution >= 0.6 is 23.2 Å². The number of nitro benzene ring substituents is 1. The second-order valence-electron chi connectivity index (χ2n) is 4.93. The van der Waals surface area contributed by atoms with Crippen molar-refractivity contribution in [1.82, 2.24) is 0 Å². The molecule has 0 saturated heterocycles. The van der Waals surface area contributed by atoms with Gasteiger partial charge in [-0.3, -0.25) is 19.2 Å². The van der Waals surface area contributed by atoms with Gasteiger partial charge in [-0.1, -0.05) is 11.6 Å². The molecule has 138 valence electrons. The van der Waals surface area contributed by atoms with Gasteiger partial charge in [0.25, 0.3) is 15.7 Å². The summed E-state index contributed by atoms with van der Waals surface area (Å²) in [7, 11) is -3.01. The second kappa shape index (κ2) is 7.90. The number of sulfonamides is 1. The summed E-state index contributed by atoms with van der Waals surface area (Å²) in [6, 6.07) is 8.58. The lowest BCUT2D eigenvalue weighted by molar-refractivity contribution is -0.384. The topological polar surface area (TPSA) is 107 Å². The summed E-state index contributed by atoms with van der Waals surface area (Å²) in [6.45, 7) is -0.746. The summed E-state index contributed by atoms with van der Waals surface area (Å²) in [5.41, 5.74) is -0.565. The number of benzene rings is 2. The minimum atomic E-state index is -4.27. The Labute approximate surface area is 159 Å². The van der Waals surface area contributed by atoms with Gasteiger partial charge in [-0.2, -0.15) is 0 Å². The number of methoxy groups -OCH3 is 1. The van der Waals surface area contributed by atoms with Crippen molar-refractivity contribution >= 4 is 49.8 Å². The van der Waals surface area contributed by atoms with Crippen molar-refractivity contribution in [2.75, 3.05) is 18.0 Å². The number of ether oxygens (including phenoxy) is 1. The predicted octanol–water partition coefficient (Wildman–Crippen LogP) is 3.22. The Balaban J connectivity index is 2.68. The highest BCUT2D eigenvalue weighted by Gasteiger charge is 2.30. The van der Waals surface area contributed by atoms with Crippen molar-refractivity contribution in [3.63, 3.8) is 0 Å². The summed E-state index contributed by atoms with van der Waals surface area (Å²) >= 11 is 11.2. The van der Waals surface area contributed by atoms with Crippen molar-refractivity contribution in [2.24, 2.45) is 0 Å². The van der Waals surface area contributed by atoms with Gasteiger partial charge in [-0.05, 0) is 41.9 Å². The summed E-state index contributed by atoms with van der Waals surface area (Å²) in [4.78, 5) is 21.6. The lowest BCUT2D eigenvalue weighted by Crippen LogP contribution is -2.34. The molecule has 0 unspecified atom stereocenters. The maximum absolute atomic E-state index is 13.0. The Hall–Kier alpha value is -2.36. The second-order valence-corrected chi connectivity index (χ2v) is 7.65. The molecule has 0 N–H and O–H groups in total. The predicted molar refractivity (Wildman–Crippen MR) is 96.5 cm³/mol. The van der Waals surface area contributed by atoms with E-state index in [1.54, 1.807) is 0 Å². The number of non-ortho nitro benzene ring substituents is 1. The molecule has 0 aliphatic heterocycles. The summed E-state index contributed by atoms with van der Waals surface area (Å²) in [5.74, 6) is 0.0195. The zero-order chi connectivity index (χ0) is 19.5. The first-order chi connectivity index (χ1) is 12.2. The van der Waals surface area contributed by atoms with E-state index in [0.29, 0.717) is 9.33 Å². The molecule has 8 nitrogen and oxygen atoms in total. The fourth-order valence-electron chi connectivity index (χ4n) is 2.13. The van der Waals surface area contributed by atoms with Crippen LogP contribution in [0.2, 0.25) is 5.02 Å². The van der Waals surface area contributed by atoms with Gasteiger partial charge in [0.2, 0.25) is 5.24 Å². The average molecular weight is 419 g/mol. The molecular weight excluding hydrogens is 407 g/mol. The van der Waals surface area contributed by atoms with Gasteiger partial charge in [0, 0.05) is 17.2 Å². The van der Waals surface area contributed by atoms with Crippen molar-refractivity contribution in [1.29, 1.82) is 0 Å². The van der Waals surface area contributed by atoms with Crippen LogP contribution in [0.15, 0.2) is 47.4 Å². The van der Waals surface area contributed by atoms with Crippen LogP contribution in [-0.4, -0.2) is 32.2 Å². The van der Waals surface area contributed by atoms with Gasteiger partial charge in [-0.15, -0.1) is 0 Å². The fourth-order valence-corrected chi connectivity index (χ4v) is 3.87. The van der Waals surface area contributed by atoms with Gasteiger partial charge in [0.05, 0.1) is 16.9 Å². The van der Waals surface area contributed by atoms with Crippen molar-refractivity contribution in [3.8, 4) is 5.75 Å². The van der Waals surface area contributed by atoms with Crippen LogP contribution < -0.4 is 9.04 Å². The monoisotopic (exact) mass is 418 g/mol. The molecule has 2 aromatic rings. The van der Waals surface area contributed by atoms with E-state index in [0.717, 1.165) is 12.1 Å². The van der Waals surface area contributed by atoms with Crippen molar-refractivity contribution < 1.29 is 22.9 Å². The fraction of sp³-hybridized carbons (Fsp3) is 0.133. The van der Waals surface area contributed by atoms with Crippen LogP contribution in [-0.2, 0) is 14.8 Å². The van der Waals surface area contributed by atoms with E-state index >= 15 is 0 Å². The quantitative estimate of drug-likeness (QED) is 0.388. The first-order valence-electron chi connectivity index (χ1n) is 6.96. The molecule has 2 aromatic carbocycles. The third kappa shape index (κ3) is 4.24. The molecule has 0 atom stereocenters. The molecule has 0 heterocycles. The Kier molecular flexibility index (Phi) is 6.06. The Morgan fingerprint density at radius 3 is 2.35 bits per heavy atom. The maximum atomic E-state index is 13.0. The molecule has 0 aromatic heterocycles. The van der Waals surface area contributed by atoms with E-state index in [9.17, 15) is 23.3 Å². The third-order valence-corrected chi connectivity index (χ3v) is 5.46. The molecule has 0 bridgehead atoms. The normalized spacial score (nSPS) is 11.0. The van der Waals surface area contributed by atoms with E-state index in [1.165, 1.54) is 37.4 Å². The number of hydrogen-bond acceptors (Lipinski definition) is 6. The highest BCUT2D eigenvalue weighted by Crippen LogP contribution is 2.35. The number of carbonyl (C=O) groups excluding carboxylic acids is 1. The van der Waals surface area contributed by atoms with Crippen LogP contribution in [0.1, 0.15) is 0 Å². The SMILES string of the molecule is COc1ccc([N+](=O)[O-])cc1N(CC(=O)Cl)S(=O)(=O)c1ccc(Cl)cc1. The highest BCUT2D eigenvalue weighted by molar-refractivity contribution is 7.92. The van der Waals surface area contributed by atoms with Crippen LogP contribution in [0, 0.1) is 10.1 Å². The van der Waals surface area contributed by atoms with E-state index in [4.69, 9.17) is 27.9 Å². The van der Waals surface area contributed by atoms with Crippen molar-refractivity contribution in [2.45, 2.75) is 4.90 Å². The van der Waals surface area contributed by atoms with Crippen LogP contribution in [0.25, 0.3) is 0 Å². The van der Waals surface area contributed by atoms with E-state index < -0.39 is 26.7 Å². The standard InChI is InChI=1S/C15H12Cl2N2O6S/c1-25-14-7-4-11(19(21)22)8-13(14)18(9-15(17)20)26(23,24)12-5-2-10(16)3-6-12/h2-8H,9H2,1H3. The van der Waals surface area contributed by atoms with E-state index in [2.05, 4.69) is 0 Å². The maximum Gasteiger partial charge on any atom is 0.271 e. The third-order valence-electron chi connectivity index (χ3n) is 3.31. The average Bonchev–Trinajstić information content (AvgIpc) is 2.59. The molecule has 0 saturated carbocycles. The number of hydrogen-bond donors (Lipinski definition) is 0. The number of nitrogens with zero attached hydrogens (tertiary/aromatic N) is 2. The molecular formula is C15H12Cl2N2O6S. The largest absolute Gasteiger partial charge is 0.495 e. The van der Waals surface area contributed by atoms with E-state index in [-0.39, 0.29) is 22.0 Å². The zero-order valence-electron chi connectivity index (χ0n) is 13.3. The smallest absolute Gasteiger partial charge is 0.271 e. The molecule has 2 rings (SSSR count). The van der Waals surface area contributed by atoms with Crippen molar-refractivity contribution in [3.05, 3.63) is 57.6 Å². The summed E-state index contributed by atoms with van der Waals surface area (Å²) < 4.78 is 31.7. The molecule has 0 fully saturated rings. The number of nitro groups is 1. The number of halogens is 2. The molecule has 11 heteroatoms. The van der Waals surface area contributed by atoms with Gasteiger partial charge in [0.15, 0.2) is 0 Å². The van der Waals surface area contributed by atoms with Gasteiger partial charge < -0.3 is 4.74 Å². The lowest BCUT2D eigenvalue weighted by Gasteiger charge is -2.24. The lowest BCUT2D eigenvalue weighted by atomic mass is 10.2. The first-order valence-corrected chi connectivity index (χ1v) is 9.15. The molecule has 0 spiro atoms. The van der Waals surface area contributed by atoms with Crippen LogP contribution in [0.5, 0.6) is 5.75 Å². The number of rotatable bonds is 7. The molecule has 0 aliphatic carbocycles. The molecule has 26 heavy (non-hydrogen) atoms. The Morgan fingerprint density at radius 1 is 1.23 bits per heavy atom. The van der Waals surface area contributed by atoms with Gasteiger partial charge in [-0.25, -0.2) is 8.42 Å². The van der Waals surface area contributed by atoms with Crippen LogP contribution in [0.3, 0.4) is 0 Å². The minimum absolute atomic E-state index is 0.0195. The Morgan fingerprint density at radius 2 is 1.85 bits per heavy atom. The number of anilines is 1. The van der Waals surface area contributed by atoms with Gasteiger partial charge >= 0.3 is 0 Å². The first kappa shape index (κ1) is 20.0. The highest BCUT2D eigenvalue weighted by atomic mass is 35.5. The molecule has 0 radical (unpaired) electrons. The summed E-state index contributed by atoms with van der Waals surface area (Å²) in [6.07, 6.45) is 0. The zero-order valence-corrected chi connectivity index (χ0v) is 15.6. The minimum Gasteiger partial charge on any atom is -0.495 e. The van der Waals surface area contributed by atoms with E-state index in [1.807, 2.05) is 0 Å². The Bertz CT molecular complexity index is 947.